The van der Waals surface area contributed by atoms with E-state index in [0.717, 1.165) is 24.2 Å². The lowest BCUT2D eigenvalue weighted by Gasteiger charge is -2.39. The molecule has 0 unspecified atom stereocenters. The average molecular weight is 425 g/mol. The van der Waals surface area contributed by atoms with Crippen molar-refractivity contribution in [3.05, 3.63) is 28.8 Å². The predicted octanol–water partition coefficient (Wildman–Crippen LogP) is 2.48. The summed E-state index contributed by atoms with van der Waals surface area (Å²) >= 11 is 6.29. The van der Waals surface area contributed by atoms with Gasteiger partial charge in [-0.15, -0.1) is 0 Å². The average Bonchev–Trinajstić information content (AvgIpc) is 2.67. The van der Waals surface area contributed by atoms with Crippen molar-refractivity contribution in [1.29, 1.82) is 0 Å². The second-order valence-electron chi connectivity index (χ2n) is 8.31. The zero-order chi connectivity index (χ0) is 21.5. The molecule has 162 valence electrons. The normalized spacial score (nSPS) is 16.8. The molecule has 1 saturated heterocycles. The Morgan fingerprint density at radius 2 is 1.97 bits per heavy atom. The zero-order valence-electron chi connectivity index (χ0n) is 18.0. The minimum atomic E-state index is -0.273. The van der Waals surface area contributed by atoms with E-state index < -0.39 is 0 Å². The number of carbonyl (C=O) groups excluding carboxylic acids is 1. The minimum Gasteiger partial charge on any atom is -0.496 e. The van der Waals surface area contributed by atoms with Crippen molar-refractivity contribution < 1.29 is 14.3 Å². The fourth-order valence-corrected chi connectivity index (χ4v) is 3.67. The van der Waals surface area contributed by atoms with Gasteiger partial charge in [-0.25, -0.2) is 0 Å². The number of aliphatic imine (C=N–C) groups is 1. The van der Waals surface area contributed by atoms with E-state index in [0.29, 0.717) is 30.7 Å². The summed E-state index contributed by atoms with van der Waals surface area (Å²) in [6, 6.07) is 5.71. The molecule has 1 fully saturated rings. The maximum atomic E-state index is 12.1. The maximum Gasteiger partial charge on any atom is 0.239 e. The van der Waals surface area contributed by atoms with Gasteiger partial charge in [0, 0.05) is 48.3 Å². The van der Waals surface area contributed by atoms with E-state index in [9.17, 15) is 4.79 Å². The molecule has 1 aliphatic heterocycles. The van der Waals surface area contributed by atoms with E-state index in [-0.39, 0.29) is 23.4 Å². The van der Waals surface area contributed by atoms with Gasteiger partial charge in [-0.05, 0) is 51.8 Å². The third kappa shape index (κ3) is 6.78. The summed E-state index contributed by atoms with van der Waals surface area (Å²) in [6.07, 6.45) is 1.66. The zero-order valence-corrected chi connectivity index (χ0v) is 18.8. The lowest BCUT2D eigenvalue weighted by atomic mass is 9.73. The SMILES string of the molecule is CN=C(NCC(=O)NC(C)(C)C)NCC1(c2cc(Cl)ccc2OC)CCOCC1. The lowest BCUT2D eigenvalue weighted by Crippen LogP contribution is -2.51. The van der Waals surface area contributed by atoms with Crippen LogP contribution in [-0.2, 0) is 14.9 Å². The van der Waals surface area contributed by atoms with Gasteiger partial charge in [0.15, 0.2) is 5.96 Å². The third-order valence-electron chi connectivity index (χ3n) is 4.93. The number of benzene rings is 1. The molecule has 0 saturated carbocycles. The van der Waals surface area contributed by atoms with Crippen LogP contribution in [0.4, 0.5) is 0 Å². The molecule has 1 aromatic rings. The van der Waals surface area contributed by atoms with Crippen molar-refractivity contribution in [3.63, 3.8) is 0 Å². The van der Waals surface area contributed by atoms with Crippen molar-refractivity contribution in [2.75, 3.05) is 40.5 Å². The molecule has 0 bridgehead atoms. The summed E-state index contributed by atoms with van der Waals surface area (Å²) in [7, 11) is 3.36. The van der Waals surface area contributed by atoms with Gasteiger partial charge in [0.25, 0.3) is 0 Å². The number of hydrogen-bond acceptors (Lipinski definition) is 4. The van der Waals surface area contributed by atoms with Gasteiger partial charge in [0.1, 0.15) is 5.75 Å². The van der Waals surface area contributed by atoms with E-state index in [1.54, 1.807) is 14.2 Å². The molecule has 0 radical (unpaired) electrons. The highest BCUT2D eigenvalue weighted by Crippen LogP contribution is 2.40. The van der Waals surface area contributed by atoms with Crippen molar-refractivity contribution in [1.82, 2.24) is 16.0 Å². The first-order valence-electron chi connectivity index (χ1n) is 9.86. The number of nitrogens with one attached hydrogen (secondary N) is 3. The monoisotopic (exact) mass is 424 g/mol. The molecule has 1 heterocycles. The number of amides is 1. The van der Waals surface area contributed by atoms with Crippen LogP contribution in [0.1, 0.15) is 39.2 Å². The van der Waals surface area contributed by atoms with E-state index in [4.69, 9.17) is 21.1 Å². The van der Waals surface area contributed by atoms with Crippen molar-refractivity contribution in [3.8, 4) is 5.75 Å². The van der Waals surface area contributed by atoms with Crippen LogP contribution in [0, 0.1) is 0 Å². The molecule has 0 aliphatic carbocycles. The van der Waals surface area contributed by atoms with Crippen LogP contribution in [0.25, 0.3) is 0 Å². The van der Waals surface area contributed by atoms with Gasteiger partial charge in [0.2, 0.25) is 5.91 Å². The molecule has 8 heteroatoms. The van der Waals surface area contributed by atoms with Gasteiger partial charge < -0.3 is 25.4 Å². The van der Waals surface area contributed by atoms with Crippen LogP contribution in [0.15, 0.2) is 23.2 Å². The highest BCUT2D eigenvalue weighted by atomic mass is 35.5. The number of rotatable bonds is 6. The molecule has 3 N–H and O–H groups in total. The summed E-state index contributed by atoms with van der Waals surface area (Å²) in [4.78, 5) is 16.3. The molecule has 0 aromatic heterocycles. The number of ether oxygens (including phenoxy) is 2. The Balaban J connectivity index is 2.11. The fraction of sp³-hybridized carbons (Fsp3) is 0.619. The van der Waals surface area contributed by atoms with Crippen LogP contribution < -0.4 is 20.7 Å². The summed E-state index contributed by atoms with van der Waals surface area (Å²) in [5.74, 6) is 1.30. The highest BCUT2D eigenvalue weighted by molar-refractivity contribution is 6.30. The summed E-state index contributed by atoms with van der Waals surface area (Å²) in [5, 5.41) is 10.1. The number of halogens is 1. The first-order chi connectivity index (χ1) is 13.7. The Morgan fingerprint density at radius 1 is 1.28 bits per heavy atom. The molecule has 2 rings (SSSR count). The molecule has 1 amide bonds. The van der Waals surface area contributed by atoms with Crippen molar-refractivity contribution >= 4 is 23.5 Å². The first-order valence-corrected chi connectivity index (χ1v) is 10.2. The highest BCUT2D eigenvalue weighted by Gasteiger charge is 2.37. The first kappa shape index (κ1) is 23.3. The minimum absolute atomic E-state index is 0.0854. The lowest BCUT2D eigenvalue weighted by molar-refractivity contribution is -0.121. The van der Waals surface area contributed by atoms with Gasteiger partial charge in [-0.2, -0.15) is 0 Å². The molecule has 1 aromatic carbocycles. The molecule has 1 aliphatic rings. The third-order valence-corrected chi connectivity index (χ3v) is 5.17. The summed E-state index contributed by atoms with van der Waals surface area (Å²) in [6.45, 7) is 7.94. The van der Waals surface area contributed by atoms with Crippen molar-refractivity contribution in [2.45, 2.75) is 44.6 Å². The standard InChI is InChI=1S/C21H33ClN4O3/c1-20(2,3)26-18(27)13-24-19(23-4)25-14-21(8-10-29-11-9-21)16-12-15(22)6-7-17(16)28-5/h6-7,12H,8-11,13-14H2,1-5H3,(H,26,27)(H2,23,24,25). The number of nitrogens with zero attached hydrogens (tertiary/aromatic N) is 1. The number of carbonyl (C=O) groups is 1. The van der Waals surface area contributed by atoms with E-state index in [1.165, 1.54) is 0 Å². The van der Waals surface area contributed by atoms with Gasteiger partial charge in [-0.1, -0.05) is 11.6 Å². The van der Waals surface area contributed by atoms with E-state index in [2.05, 4.69) is 20.9 Å². The van der Waals surface area contributed by atoms with Crippen LogP contribution in [0.5, 0.6) is 5.75 Å². The predicted molar refractivity (Wildman–Crippen MR) is 117 cm³/mol. The Labute approximate surface area is 178 Å². The molecule has 7 nitrogen and oxygen atoms in total. The van der Waals surface area contributed by atoms with E-state index >= 15 is 0 Å². The molecular formula is C21H33ClN4O3. The Hall–Kier alpha value is -1.99. The Kier molecular flexibility index (Phi) is 8.16. The summed E-state index contributed by atoms with van der Waals surface area (Å²) < 4.78 is 11.2. The molecular weight excluding hydrogens is 392 g/mol. The van der Waals surface area contributed by atoms with E-state index in [1.807, 2.05) is 39.0 Å². The quantitative estimate of drug-likeness (QED) is 0.482. The van der Waals surface area contributed by atoms with Crippen molar-refractivity contribution in [2.24, 2.45) is 4.99 Å². The van der Waals surface area contributed by atoms with Crippen LogP contribution >= 0.6 is 11.6 Å². The number of hydrogen-bond donors (Lipinski definition) is 3. The fourth-order valence-electron chi connectivity index (χ4n) is 3.50. The maximum absolute atomic E-state index is 12.1. The molecule has 0 spiro atoms. The number of guanidine groups is 1. The summed E-state index contributed by atoms with van der Waals surface area (Å²) in [5.41, 5.74) is 0.578. The Bertz CT molecular complexity index is 725. The van der Waals surface area contributed by atoms with Crippen LogP contribution in [0.3, 0.4) is 0 Å². The second-order valence-corrected chi connectivity index (χ2v) is 8.75. The van der Waals surface area contributed by atoms with Crippen LogP contribution in [0.2, 0.25) is 5.02 Å². The smallest absolute Gasteiger partial charge is 0.239 e. The van der Waals surface area contributed by atoms with Gasteiger partial charge in [-0.3, -0.25) is 9.79 Å². The number of methoxy groups -OCH3 is 1. The largest absolute Gasteiger partial charge is 0.496 e. The second kappa shape index (κ2) is 10.2. The van der Waals surface area contributed by atoms with Gasteiger partial charge in [0.05, 0.1) is 13.7 Å². The Morgan fingerprint density at radius 3 is 2.55 bits per heavy atom. The molecule has 0 atom stereocenters. The topological polar surface area (TPSA) is 84.0 Å². The van der Waals surface area contributed by atoms with Crippen LogP contribution in [-0.4, -0.2) is 57.9 Å². The van der Waals surface area contributed by atoms with Gasteiger partial charge >= 0.3 is 0 Å². The molecule has 29 heavy (non-hydrogen) atoms.